The predicted octanol–water partition coefficient (Wildman–Crippen LogP) is 3.19. The number of hydrogen-bond donors (Lipinski definition) is 0. The lowest BCUT2D eigenvalue weighted by molar-refractivity contribution is -0.184. The third-order valence-electron chi connectivity index (χ3n) is 5.04. The molecule has 3 atom stereocenters. The Hall–Kier alpha value is -2.20. The van der Waals surface area contributed by atoms with Crippen molar-refractivity contribution < 1.29 is 22.8 Å². The van der Waals surface area contributed by atoms with E-state index in [1.54, 1.807) is 4.90 Å². The topological polar surface area (TPSA) is 58.6 Å². The molecule has 1 aromatic carbocycles. The van der Waals surface area contributed by atoms with Gasteiger partial charge in [0.15, 0.2) is 0 Å². The van der Waals surface area contributed by atoms with Crippen molar-refractivity contribution in [3.8, 4) is 0 Å². The Kier molecular flexibility index (Phi) is 5.24. The molecule has 0 spiro atoms. The number of carbonyl (C=O) groups excluding carboxylic acids is 1. The van der Waals surface area contributed by atoms with Crippen LogP contribution in [-0.2, 0) is 9.63 Å². The molecule has 0 saturated carbocycles. The second-order valence-electron chi connectivity index (χ2n) is 6.97. The smallest absolute Gasteiger partial charge is 0.252 e. The summed E-state index contributed by atoms with van der Waals surface area (Å²) in [4.78, 5) is 20.1. The summed E-state index contributed by atoms with van der Waals surface area (Å²) in [7, 11) is 0. The lowest BCUT2D eigenvalue weighted by Gasteiger charge is -2.35. The first-order valence-electron chi connectivity index (χ1n) is 9.03. The van der Waals surface area contributed by atoms with Crippen LogP contribution in [0.4, 0.5) is 18.3 Å². The molecule has 2 aliphatic heterocycles. The molecular weight excluding hydrogens is 393 g/mol. The number of alkyl halides is 1. The molecule has 6 nitrogen and oxygen atoms in total. The fourth-order valence-corrected chi connectivity index (χ4v) is 4.41. The number of hydroxylamine groups is 2. The molecule has 2 fully saturated rings. The Morgan fingerprint density at radius 2 is 1.96 bits per heavy atom. The fraction of sp³-hybridized carbons (Fsp3) is 0.500. The van der Waals surface area contributed by atoms with Crippen molar-refractivity contribution in [2.75, 3.05) is 24.6 Å². The van der Waals surface area contributed by atoms with Crippen LogP contribution in [0.5, 0.6) is 0 Å². The van der Waals surface area contributed by atoms with E-state index in [9.17, 15) is 18.0 Å². The molecule has 28 heavy (non-hydrogen) atoms. The number of amides is 1. The van der Waals surface area contributed by atoms with Crippen LogP contribution >= 0.6 is 11.3 Å². The second kappa shape index (κ2) is 7.67. The third kappa shape index (κ3) is 3.70. The molecule has 3 heterocycles. The molecule has 0 aliphatic carbocycles. The zero-order valence-electron chi connectivity index (χ0n) is 15.1. The Morgan fingerprint density at radius 3 is 2.61 bits per heavy atom. The summed E-state index contributed by atoms with van der Waals surface area (Å²) in [6.07, 6.45) is -0.712. The Balaban J connectivity index is 1.47. The minimum absolute atomic E-state index is 0.0398. The lowest BCUT2D eigenvalue weighted by Crippen LogP contribution is -2.48. The highest BCUT2D eigenvalue weighted by atomic mass is 32.1. The minimum Gasteiger partial charge on any atom is -0.344 e. The van der Waals surface area contributed by atoms with Crippen molar-refractivity contribution in [2.24, 2.45) is 5.92 Å². The number of piperidine rings is 1. The number of rotatable bonds is 3. The molecule has 0 radical (unpaired) electrons. The van der Waals surface area contributed by atoms with Crippen molar-refractivity contribution in [1.29, 1.82) is 0 Å². The predicted molar refractivity (Wildman–Crippen MR) is 96.4 cm³/mol. The number of carbonyl (C=O) groups is 1. The third-order valence-corrected chi connectivity index (χ3v) is 5.94. The van der Waals surface area contributed by atoms with E-state index in [-0.39, 0.29) is 13.2 Å². The van der Waals surface area contributed by atoms with Crippen molar-refractivity contribution in [1.82, 2.24) is 15.3 Å². The maximum absolute atomic E-state index is 14.8. The van der Waals surface area contributed by atoms with Gasteiger partial charge in [0, 0.05) is 19.0 Å². The second-order valence-corrected chi connectivity index (χ2v) is 8.13. The molecule has 150 valence electrons. The minimum atomic E-state index is -1.40. The van der Waals surface area contributed by atoms with E-state index in [0.29, 0.717) is 30.1 Å². The molecule has 4 rings (SSSR count). The van der Waals surface area contributed by atoms with Gasteiger partial charge in [0.25, 0.3) is 5.91 Å². The van der Waals surface area contributed by atoms with E-state index < -0.39 is 35.7 Å². The van der Waals surface area contributed by atoms with Gasteiger partial charge in [-0.15, -0.1) is 10.2 Å². The van der Waals surface area contributed by atoms with Crippen LogP contribution in [0.1, 0.15) is 29.5 Å². The normalized spacial score (nSPS) is 25.4. The van der Waals surface area contributed by atoms with Crippen LogP contribution in [0.15, 0.2) is 18.2 Å². The van der Waals surface area contributed by atoms with Crippen LogP contribution in [0.3, 0.4) is 0 Å². The number of hydrogen-bond acceptors (Lipinski definition) is 6. The zero-order chi connectivity index (χ0) is 19.8. The summed E-state index contributed by atoms with van der Waals surface area (Å²) in [6.45, 7) is 2.57. The molecule has 2 aliphatic rings. The van der Waals surface area contributed by atoms with Gasteiger partial charge in [-0.2, -0.15) is 0 Å². The van der Waals surface area contributed by atoms with E-state index in [2.05, 4.69) is 10.2 Å². The Bertz CT molecular complexity index is 860. The highest BCUT2D eigenvalue weighted by molar-refractivity contribution is 7.15. The molecule has 0 unspecified atom stereocenters. The van der Waals surface area contributed by atoms with Gasteiger partial charge in [-0.3, -0.25) is 9.63 Å². The van der Waals surface area contributed by atoms with Gasteiger partial charge >= 0.3 is 0 Å². The van der Waals surface area contributed by atoms with Crippen LogP contribution in [0, 0.1) is 24.5 Å². The molecule has 1 aromatic heterocycles. The fourth-order valence-electron chi connectivity index (χ4n) is 3.69. The summed E-state index contributed by atoms with van der Waals surface area (Å²) in [5.74, 6) is -2.81. The summed E-state index contributed by atoms with van der Waals surface area (Å²) in [5.41, 5.74) is 0.306. The zero-order valence-corrected chi connectivity index (χ0v) is 16.0. The van der Waals surface area contributed by atoms with Gasteiger partial charge in [0.2, 0.25) is 5.13 Å². The summed E-state index contributed by atoms with van der Waals surface area (Å²) >= 11 is 1.38. The average molecular weight is 412 g/mol. The largest absolute Gasteiger partial charge is 0.344 e. The van der Waals surface area contributed by atoms with Crippen molar-refractivity contribution in [3.05, 3.63) is 40.4 Å². The Morgan fingerprint density at radius 1 is 1.21 bits per heavy atom. The average Bonchev–Trinajstić information content (AvgIpc) is 3.29. The highest BCUT2D eigenvalue weighted by Gasteiger charge is 2.42. The SMILES string of the molecule is Cc1nnc(N2CC[C@H](C(=O)N3OCC[C@H]3c3cc(F)cc(F)c3)[C@H](F)C2)s1. The first-order valence-corrected chi connectivity index (χ1v) is 9.85. The lowest BCUT2D eigenvalue weighted by atomic mass is 9.93. The number of anilines is 1. The summed E-state index contributed by atoms with van der Waals surface area (Å²) in [6, 6.07) is 2.49. The molecule has 2 aromatic rings. The van der Waals surface area contributed by atoms with Crippen LogP contribution in [0.2, 0.25) is 0 Å². The molecule has 10 heteroatoms. The number of halogens is 3. The molecule has 2 saturated heterocycles. The van der Waals surface area contributed by atoms with Gasteiger partial charge in [-0.05, 0) is 31.0 Å². The molecule has 0 N–H and O–H groups in total. The number of benzene rings is 1. The van der Waals surface area contributed by atoms with Crippen LogP contribution in [0.25, 0.3) is 0 Å². The number of aromatic nitrogens is 2. The molecule has 0 bridgehead atoms. The summed E-state index contributed by atoms with van der Waals surface area (Å²) < 4.78 is 42.0. The number of nitrogens with zero attached hydrogens (tertiary/aromatic N) is 4. The van der Waals surface area contributed by atoms with Crippen molar-refractivity contribution in [2.45, 2.75) is 32.0 Å². The van der Waals surface area contributed by atoms with E-state index in [4.69, 9.17) is 4.84 Å². The van der Waals surface area contributed by atoms with E-state index in [1.807, 2.05) is 6.92 Å². The van der Waals surface area contributed by atoms with Crippen molar-refractivity contribution in [3.63, 3.8) is 0 Å². The number of aryl methyl sites for hydroxylation is 1. The quantitative estimate of drug-likeness (QED) is 0.775. The van der Waals surface area contributed by atoms with Gasteiger partial charge in [0.1, 0.15) is 22.8 Å². The van der Waals surface area contributed by atoms with Gasteiger partial charge in [-0.25, -0.2) is 18.2 Å². The molecular formula is C18H19F3N4O2S. The summed E-state index contributed by atoms with van der Waals surface area (Å²) in [5, 5.41) is 10.5. The monoisotopic (exact) mass is 412 g/mol. The first-order chi connectivity index (χ1) is 13.4. The van der Waals surface area contributed by atoms with E-state index in [1.165, 1.54) is 23.5 Å². The van der Waals surface area contributed by atoms with Crippen molar-refractivity contribution >= 4 is 22.4 Å². The van der Waals surface area contributed by atoms with Gasteiger partial charge < -0.3 is 4.90 Å². The maximum Gasteiger partial charge on any atom is 0.252 e. The Labute approximate surface area is 163 Å². The molecule has 1 amide bonds. The van der Waals surface area contributed by atoms with Gasteiger partial charge in [-0.1, -0.05) is 11.3 Å². The highest BCUT2D eigenvalue weighted by Crippen LogP contribution is 2.35. The van der Waals surface area contributed by atoms with E-state index in [0.717, 1.165) is 16.1 Å². The maximum atomic E-state index is 14.8. The first kappa shape index (κ1) is 19.1. The van der Waals surface area contributed by atoms with E-state index >= 15 is 0 Å². The van der Waals surface area contributed by atoms with Gasteiger partial charge in [0.05, 0.1) is 25.1 Å². The van der Waals surface area contributed by atoms with Crippen LogP contribution < -0.4 is 4.90 Å². The van der Waals surface area contributed by atoms with Crippen LogP contribution in [-0.4, -0.2) is 47.0 Å². The standard InChI is InChI=1S/C18H19F3N4O2S/c1-10-22-23-18(28-10)24-4-2-14(15(21)9-24)17(26)25-16(3-5-27-25)11-6-12(19)8-13(20)7-11/h6-8,14-16H,2-5,9H2,1H3/t14-,15+,16-/m0/s1.